The number of benzene rings is 4. The third-order valence-electron chi connectivity index (χ3n) is 8.50. The molecule has 0 amide bonds. The van der Waals surface area contributed by atoms with E-state index in [2.05, 4.69) is 98.8 Å². The van der Waals surface area contributed by atoms with Gasteiger partial charge in [0, 0.05) is 44.1 Å². The first kappa shape index (κ1) is 26.9. The summed E-state index contributed by atoms with van der Waals surface area (Å²) in [5, 5.41) is 4.35. The SMILES string of the molecule is Cc1ccc2ccc3ccc(-c4ccc(Oc5ccc(-c6ccc7ccc8ccc(C)nc8c7n6)c(C)c5)cc4C)nc3c2n1. The maximum atomic E-state index is 6.34. The van der Waals surface area contributed by atoms with Gasteiger partial charge in [0.25, 0.3) is 0 Å². The van der Waals surface area contributed by atoms with E-state index < -0.39 is 0 Å². The normalized spacial score (nSPS) is 11.6. The molecule has 8 rings (SSSR count). The van der Waals surface area contributed by atoms with Crippen molar-refractivity contribution in [2.75, 3.05) is 0 Å². The molecule has 4 heterocycles. The molecule has 0 N–H and O–H groups in total. The van der Waals surface area contributed by atoms with Crippen LogP contribution in [0.25, 0.3) is 66.1 Å². The summed E-state index contributed by atoms with van der Waals surface area (Å²) in [5.74, 6) is 1.56. The molecule has 0 bridgehead atoms. The molecule has 5 heteroatoms. The first-order valence-electron chi connectivity index (χ1n) is 15.1. The smallest absolute Gasteiger partial charge is 0.127 e. The zero-order valence-corrected chi connectivity index (χ0v) is 25.6. The lowest BCUT2D eigenvalue weighted by atomic mass is 10.0. The Morgan fingerprint density at radius 3 is 1.13 bits per heavy atom. The molecule has 0 saturated carbocycles. The van der Waals surface area contributed by atoms with Crippen LogP contribution in [0.15, 0.2) is 109 Å². The molecule has 4 aromatic heterocycles. The van der Waals surface area contributed by atoms with E-state index in [-0.39, 0.29) is 0 Å². The number of nitrogens with zero attached hydrogens (tertiary/aromatic N) is 4. The number of ether oxygens (including phenoxy) is 1. The van der Waals surface area contributed by atoms with Crippen LogP contribution in [0.4, 0.5) is 0 Å². The minimum Gasteiger partial charge on any atom is -0.457 e. The van der Waals surface area contributed by atoms with Crippen molar-refractivity contribution in [3.63, 3.8) is 0 Å². The van der Waals surface area contributed by atoms with E-state index in [1.54, 1.807) is 0 Å². The van der Waals surface area contributed by atoms with Gasteiger partial charge in [0.15, 0.2) is 0 Å². The van der Waals surface area contributed by atoms with Crippen molar-refractivity contribution in [1.82, 2.24) is 19.9 Å². The quantitative estimate of drug-likeness (QED) is 0.193. The molecule has 0 radical (unpaired) electrons. The van der Waals surface area contributed by atoms with Gasteiger partial charge in [-0.1, -0.05) is 48.5 Å². The summed E-state index contributed by atoms with van der Waals surface area (Å²) in [4.78, 5) is 19.7. The average molecular weight is 583 g/mol. The van der Waals surface area contributed by atoms with Gasteiger partial charge in [-0.3, -0.25) is 9.97 Å². The van der Waals surface area contributed by atoms with Crippen LogP contribution in [0.5, 0.6) is 11.5 Å². The fraction of sp³-hybridized carbons (Fsp3) is 0.100. The van der Waals surface area contributed by atoms with E-state index in [0.29, 0.717) is 0 Å². The number of hydrogen-bond donors (Lipinski definition) is 0. The van der Waals surface area contributed by atoms with Crippen molar-refractivity contribution in [1.29, 1.82) is 0 Å². The van der Waals surface area contributed by atoms with Crippen molar-refractivity contribution in [3.05, 3.63) is 132 Å². The Labute approximate surface area is 261 Å². The van der Waals surface area contributed by atoms with Crippen LogP contribution in [0.1, 0.15) is 22.5 Å². The average Bonchev–Trinajstić information content (AvgIpc) is 3.04. The Balaban J connectivity index is 1.09. The van der Waals surface area contributed by atoms with Crippen LogP contribution in [0.2, 0.25) is 0 Å². The van der Waals surface area contributed by atoms with Crippen molar-refractivity contribution in [3.8, 4) is 34.0 Å². The Kier molecular flexibility index (Phi) is 6.27. The Hall–Kier alpha value is -5.68. The van der Waals surface area contributed by atoms with E-state index in [1.807, 2.05) is 38.1 Å². The lowest BCUT2D eigenvalue weighted by Gasteiger charge is -2.13. The molecule has 5 nitrogen and oxygen atoms in total. The summed E-state index contributed by atoms with van der Waals surface area (Å²) in [6.07, 6.45) is 0. The number of aryl methyl sites for hydroxylation is 4. The maximum Gasteiger partial charge on any atom is 0.127 e. The van der Waals surface area contributed by atoms with Gasteiger partial charge < -0.3 is 4.74 Å². The summed E-state index contributed by atoms with van der Waals surface area (Å²) in [5.41, 5.74) is 11.8. The Morgan fingerprint density at radius 2 is 0.733 bits per heavy atom. The third kappa shape index (κ3) is 4.83. The van der Waals surface area contributed by atoms with Crippen molar-refractivity contribution >= 4 is 43.6 Å². The van der Waals surface area contributed by atoms with Gasteiger partial charge in [-0.15, -0.1) is 0 Å². The molecule has 0 aliphatic rings. The van der Waals surface area contributed by atoms with E-state index >= 15 is 0 Å². The Morgan fingerprint density at radius 1 is 0.378 bits per heavy atom. The number of aromatic nitrogens is 4. The van der Waals surface area contributed by atoms with Crippen LogP contribution < -0.4 is 4.74 Å². The van der Waals surface area contributed by atoms with E-state index in [0.717, 1.165) is 100 Å². The minimum absolute atomic E-state index is 0.781. The third-order valence-corrected chi connectivity index (χ3v) is 8.50. The largest absolute Gasteiger partial charge is 0.457 e. The highest BCUT2D eigenvalue weighted by molar-refractivity contribution is 6.04. The summed E-state index contributed by atoms with van der Waals surface area (Å²) >= 11 is 0. The topological polar surface area (TPSA) is 60.8 Å². The molecule has 0 unspecified atom stereocenters. The second-order valence-electron chi connectivity index (χ2n) is 11.8. The lowest BCUT2D eigenvalue weighted by Crippen LogP contribution is -1.94. The molecule has 0 aliphatic heterocycles. The monoisotopic (exact) mass is 582 g/mol. The maximum absolute atomic E-state index is 6.34. The molecule has 0 saturated heterocycles. The Bertz CT molecular complexity index is 2290. The van der Waals surface area contributed by atoms with Crippen molar-refractivity contribution in [2.45, 2.75) is 27.7 Å². The van der Waals surface area contributed by atoms with Gasteiger partial charge >= 0.3 is 0 Å². The van der Waals surface area contributed by atoms with Gasteiger partial charge in [-0.05, 0) is 99.5 Å². The highest BCUT2D eigenvalue weighted by Crippen LogP contribution is 2.34. The summed E-state index contributed by atoms with van der Waals surface area (Å²) in [6.45, 7) is 8.22. The molecule has 0 aliphatic carbocycles. The van der Waals surface area contributed by atoms with Crippen LogP contribution in [0.3, 0.4) is 0 Å². The number of pyridine rings is 4. The highest BCUT2D eigenvalue weighted by Gasteiger charge is 2.12. The molecule has 8 aromatic rings. The molecule has 216 valence electrons. The van der Waals surface area contributed by atoms with Gasteiger partial charge in [0.05, 0.1) is 33.5 Å². The molecule has 45 heavy (non-hydrogen) atoms. The number of hydrogen-bond acceptors (Lipinski definition) is 5. The second-order valence-corrected chi connectivity index (χ2v) is 11.8. The lowest BCUT2D eigenvalue weighted by molar-refractivity contribution is 0.482. The zero-order chi connectivity index (χ0) is 30.7. The molecule has 0 atom stereocenters. The predicted molar refractivity (Wildman–Crippen MR) is 184 cm³/mol. The second kappa shape index (κ2) is 10.5. The molecular weight excluding hydrogens is 552 g/mol. The van der Waals surface area contributed by atoms with Gasteiger partial charge in [0.1, 0.15) is 11.5 Å². The van der Waals surface area contributed by atoms with Gasteiger partial charge in [-0.25, -0.2) is 9.97 Å². The molecule has 0 fully saturated rings. The van der Waals surface area contributed by atoms with Crippen LogP contribution in [0, 0.1) is 27.7 Å². The summed E-state index contributed by atoms with van der Waals surface area (Å²) in [6, 6.07) is 37.5. The fourth-order valence-corrected chi connectivity index (χ4v) is 6.14. The predicted octanol–water partition coefficient (Wildman–Crippen LogP) is 10.2. The molecular formula is C40H30N4O. The van der Waals surface area contributed by atoms with E-state index in [9.17, 15) is 0 Å². The minimum atomic E-state index is 0.781. The van der Waals surface area contributed by atoms with E-state index in [1.165, 1.54) is 0 Å². The summed E-state index contributed by atoms with van der Waals surface area (Å²) < 4.78 is 6.34. The molecule has 4 aromatic carbocycles. The first-order chi connectivity index (χ1) is 21.9. The van der Waals surface area contributed by atoms with Crippen LogP contribution >= 0.6 is 0 Å². The molecule has 0 spiro atoms. The number of rotatable bonds is 4. The van der Waals surface area contributed by atoms with Gasteiger partial charge in [-0.2, -0.15) is 0 Å². The summed E-state index contributed by atoms with van der Waals surface area (Å²) in [7, 11) is 0. The van der Waals surface area contributed by atoms with E-state index in [4.69, 9.17) is 24.7 Å². The van der Waals surface area contributed by atoms with Crippen molar-refractivity contribution < 1.29 is 4.74 Å². The highest BCUT2D eigenvalue weighted by atomic mass is 16.5. The van der Waals surface area contributed by atoms with Crippen molar-refractivity contribution in [2.24, 2.45) is 0 Å². The first-order valence-corrected chi connectivity index (χ1v) is 15.1. The standard InChI is InChI=1S/C40H30N4O/c1-23-21-31(15-17-33(23)35-19-13-29-11-9-27-7-5-25(3)41-37(27)39(29)43-35)45-32-16-18-34(24(2)22-32)36-20-14-30-12-10-28-8-6-26(4)42-38(28)40(30)44-36/h5-22H,1-4H3. The van der Waals surface area contributed by atoms with Crippen LogP contribution in [-0.2, 0) is 0 Å². The zero-order valence-electron chi connectivity index (χ0n) is 25.6. The number of fused-ring (bicyclic) bond motifs is 6. The fourth-order valence-electron chi connectivity index (χ4n) is 6.14. The van der Waals surface area contributed by atoms with Crippen LogP contribution in [-0.4, -0.2) is 19.9 Å². The van der Waals surface area contributed by atoms with Gasteiger partial charge in [0.2, 0.25) is 0 Å².